The van der Waals surface area contributed by atoms with Crippen LogP contribution in [0.25, 0.3) is 0 Å². The third-order valence-corrected chi connectivity index (χ3v) is 15.3. The highest BCUT2D eigenvalue weighted by Crippen LogP contribution is 2.50. The molecule has 6 aromatic rings. The van der Waals surface area contributed by atoms with Crippen LogP contribution >= 0.6 is 128 Å². The van der Waals surface area contributed by atoms with E-state index in [9.17, 15) is 14.4 Å². The summed E-state index contributed by atoms with van der Waals surface area (Å²) in [5.74, 6) is -0.391. The SMILES string of the molecule is CCN(CC)CC.COC(C#N)c1ccc(Cl)cc1Cl.COC(OC)OC.COC(c1ccc(Cl)cc1Cl)C1(N)CC1.COC(c1ccc(Cl)cc1Cl)C1(NC(=O)c2nccnc2Cl)CC1.O=C(Cl)c1nccnc1Cl.O=Cc1ccc(Cl)cc1Cl. The van der Waals surface area contributed by atoms with E-state index in [2.05, 4.69) is 65.1 Å². The maximum absolute atomic E-state index is 12.5. The smallest absolute Gasteiger partial charge is 0.274 e. The Morgan fingerprint density at radius 2 is 0.977 bits per heavy atom. The second-order valence-electron chi connectivity index (χ2n) is 17.9. The second kappa shape index (κ2) is 40.8. The lowest BCUT2D eigenvalue weighted by molar-refractivity contribution is -0.252. The molecule has 2 saturated carbocycles. The molecule has 0 bridgehead atoms. The van der Waals surface area contributed by atoms with Gasteiger partial charge in [-0.15, -0.1) is 0 Å². The van der Waals surface area contributed by atoms with Crippen molar-refractivity contribution in [2.75, 3.05) is 62.3 Å². The third-order valence-electron chi connectivity index (χ3n) is 12.3. The van der Waals surface area contributed by atoms with Crippen LogP contribution in [-0.2, 0) is 28.4 Å². The molecule has 2 fully saturated rings. The first-order valence-corrected chi connectivity index (χ1v) is 29.8. The third kappa shape index (κ3) is 26.0. The van der Waals surface area contributed by atoms with Gasteiger partial charge in [0.05, 0.1) is 16.6 Å². The molecule has 8 rings (SSSR count). The molecule has 4 aromatic carbocycles. The summed E-state index contributed by atoms with van der Waals surface area (Å²) in [6, 6.07) is 22.3. The molecule has 0 spiro atoms. The van der Waals surface area contributed by atoms with Crippen molar-refractivity contribution in [3.05, 3.63) is 182 Å². The first-order chi connectivity index (χ1) is 40.9. The summed E-state index contributed by atoms with van der Waals surface area (Å²) in [6.45, 7) is 9.61. The number of nitriles is 1. The van der Waals surface area contributed by atoms with Crippen molar-refractivity contribution in [2.45, 2.75) is 82.3 Å². The molecule has 0 radical (unpaired) electrons. The number of hydrogen-bond acceptors (Lipinski definition) is 16. The Labute approximate surface area is 557 Å². The number of methoxy groups -OCH3 is 6. The maximum atomic E-state index is 12.5. The van der Waals surface area contributed by atoms with Gasteiger partial charge in [0.15, 0.2) is 34.1 Å². The highest BCUT2D eigenvalue weighted by atomic mass is 35.5. The summed E-state index contributed by atoms with van der Waals surface area (Å²) in [5.41, 5.74) is 8.19. The lowest BCUT2D eigenvalue weighted by Crippen LogP contribution is -2.42. The topological polar surface area (TPSA) is 223 Å². The van der Waals surface area contributed by atoms with Crippen molar-refractivity contribution in [2.24, 2.45) is 5.73 Å². The number of nitrogens with zero attached hydrogens (tertiary/aromatic N) is 6. The Bertz CT molecular complexity index is 3100. The standard InChI is InChI=1S/C16H14Cl3N3O2.C11H13Cl2NO.C9H7Cl2NO.C7H4Cl2O.C6H15N.C5H2Cl2N2O.C4H10O3/c1-24-13(10-3-2-9(17)8-11(10)18)16(4-5-16)22-15(23)12-14(19)21-7-6-20-12;1-15-10(11(14)4-5-11)8-3-2-7(12)6-9(8)13;1-13-9(5-12)7-3-2-6(10)4-8(7)11;8-6-2-1-5(4-10)7(9)3-6;1-4-7(5-2)6-3;6-4-3(5(7)10)8-1-2-9-4;1-5-4(6-2)7-3/h2-3,6-8,13H,4-5H2,1H3,(H,22,23);2-3,6,10H,4-5,14H2,1H3;2-4,9H,1H3;1-4H;4-6H2,1-3H3;1-2H;4H,1-3H3. The summed E-state index contributed by atoms with van der Waals surface area (Å²) in [5, 5.41) is 15.3. The molecule has 3 N–H and O–H groups in total. The predicted molar refractivity (Wildman–Crippen MR) is 344 cm³/mol. The van der Waals surface area contributed by atoms with Crippen molar-refractivity contribution in [1.29, 1.82) is 5.26 Å². The number of benzene rings is 4. The fourth-order valence-corrected chi connectivity index (χ4v) is 10.0. The fourth-order valence-electron chi connectivity index (χ4n) is 7.48. The molecule has 2 aromatic heterocycles. The van der Waals surface area contributed by atoms with E-state index in [1.54, 1.807) is 74.9 Å². The molecule has 0 saturated heterocycles. The van der Waals surface area contributed by atoms with Gasteiger partial charge in [-0.1, -0.05) is 155 Å². The van der Waals surface area contributed by atoms with E-state index in [4.69, 9.17) is 153 Å². The number of nitrogens with two attached hydrogens (primary N) is 1. The van der Waals surface area contributed by atoms with Gasteiger partial charge in [-0.3, -0.25) is 14.4 Å². The van der Waals surface area contributed by atoms with Crippen LogP contribution in [0.2, 0.25) is 50.5 Å². The van der Waals surface area contributed by atoms with E-state index in [1.807, 2.05) is 12.1 Å². The van der Waals surface area contributed by atoms with E-state index >= 15 is 0 Å². The average molecular weight is 1410 g/mol. The largest absolute Gasteiger partial charge is 0.375 e. The lowest BCUT2D eigenvalue weighted by Gasteiger charge is -2.28. The molecule has 17 nitrogen and oxygen atoms in total. The summed E-state index contributed by atoms with van der Waals surface area (Å²) in [4.78, 5) is 50.6. The first-order valence-electron chi connectivity index (χ1n) is 25.6. The van der Waals surface area contributed by atoms with Crippen LogP contribution in [0.5, 0.6) is 0 Å². The van der Waals surface area contributed by atoms with E-state index in [0.717, 1.165) is 36.8 Å². The quantitative estimate of drug-likeness (QED) is 0.0464. The van der Waals surface area contributed by atoms with Crippen molar-refractivity contribution in [3.8, 4) is 6.07 Å². The van der Waals surface area contributed by atoms with Crippen molar-refractivity contribution in [1.82, 2.24) is 30.2 Å². The van der Waals surface area contributed by atoms with Crippen LogP contribution < -0.4 is 11.1 Å². The van der Waals surface area contributed by atoms with Crippen molar-refractivity contribution < 1.29 is 42.8 Å². The van der Waals surface area contributed by atoms with Crippen LogP contribution in [0.1, 0.15) is 113 Å². The monoisotopic (exact) mass is 1400 g/mol. The van der Waals surface area contributed by atoms with Gasteiger partial charge in [0.1, 0.15) is 12.2 Å². The van der Waals surface area contributed by atoms with Gasteiger partial charge in [-0.05, 0) is 112 Å². The maximum Gasteiger partial charge on any atom is 0.274 e. The minimum atomic E-state index is -0.696. The number of carbonyl (C=O) groups excluding carboxylic acids is 3. The number of carbonyl (C=O) groups is 3. The molecular weight excluding hydrogens is 1340 g/mol. The van der Waals surface area contributed by atoms with Gasteiger partial charge in [0.2, 0.25) is 0 Å². The minimum absolute atomic E-state index is 0.00849. The zero-order valence-electron chi connectivity index (χ0n) is 48.2. The van der Waals surface area contributed by atoms with Crippen LogP contribution in [0.15, 0.2) is 97.6 Å². The highest BCUT2D eigenvalue weighted by molar-refractivity contribution is 6.68. The molecule has 1 amide bonds. The van der Waals surface area contributed by atoms with Crippen LogP contribution in [0.4, 0.5) is 0 Å². The van der Waals surface area contributed by atoms with Gasteiger partial charge >= 0.3 is 0 Å². The summed E-state index contributed by atoms with van der Waals surface area (Å²) >= 11 is 63.4. The molecule has 2 aliphatic rings. The van der Waals surface area contributed by atoms with E-state index in [-0.39, 0.29) is 33.3 Å². The highest BCUT2D eigenvalue weighted by Gasteiger charge is 2.53. The second-order valence-corrected chi connectivity index (χ2v) is 22.3. The number of amides is 1. The lowest BCUT2D eigenvalue weighted by atomic mass is 9.99. The van der Waals surface area contributed by atoms with Gasteiger partial charge in [0.25, 0.3) is 17.6 Å². The number of halogens is 11. The number of ether oxygens (including phenoxy) is 6. The summed E-state index contributed by atoms with van der Waals surface area (Å²) in [7, 11) is 9.23. The fraction of sp³-hybridized carbons (Fsp3) is 0.379. The Hall–Kier alpha value is -3.79. The Morgan fingerprint density at radius 3 is 1.27 bits per heavy atom. The van der Waals surface area contributed by atoms with Gasteiger partial charge < -0.3 is 44.4 Å². The number of hydrogen-bond donors (Lipinski definition) is 2. The molecule has 3 atom stereocenters. The van der Waals surface area contributed by atoms with Crippen LogP contribution in [0.3, 0.4) is 0 Å². The van der Waals surface area contributed by atoms with Gasteiger partial charge in [0, 0.05) is 130 Å². The number of rotatable bonds is 18. The molecule has 86 heavy (non-hydrogen) atoms. The molecule has 0 aliphatic heterocycles. The van der Waals surface area contributed by atoms with E-state index in [0.29, 0.717) is 57.6 Å². The van der Waals surface area contributed by atoms with Crippen molar-refractivity contribution in [3.63, 3.8) is 0 Å². The molecule has 2 aliphatic carbocycles. The van der Waals surface area contributed by atoms with E-state index < -0.39 is 35.4 Å². The minimum Gasteiger partial charge on any atom is -0.375 e. The normalized spacial score (nSPS) is 13.8. The first kappa shape index (κ1) is 78.3. The van der Waals surface area contributed by atoms with E-state index in [1.165, 1.54) is 78.9 Å². The van der Waals surface area contributed by atoms with Crippen LogP contribution in [0, 0.1) is 11.3 Å². The Morgan fingerprint density at radius 1 is 0.581 bits per heavy atom. The van der Waals surface area contributed by atoms with Gasteiger partial charge in [-0.2, -0.15) is 5.26 Å². The predicted octanol–water partition coefficient (Wildman–Crippen LogP) is 16.3. The van der Waals surface area contributed by atoms with Crippen LogP contribution in [-0.4, -0.2) is 122 Å². The number of nitrogens with one attached hydrogen (secondary N) is 1. The Kier molecular flexibility index (Phi) is 37.1. The Balaban J connectivity index is 0.000000359. The van der Waals surface area contributed by atoms with Crippen molar-refractivity contribution >= 4 is 145 Å². The number of aromatic nitrogens is 4. The molecule has 28 heteroatoms. The molecular formula is C58H65Cl11N8O9. The average Bonchev–Trinajstić information content (AvgIpc) is 2.55. The molecule has 468 valence electrons. The summed E-state index contributed by atoms with van der Waals surface area (Å²) in [6.07, 6.45) is 8.57. The number of aldehydes is 1. The zero-order valence-corrected chi connectivity index (χ0v) is 56.5. The molecule has 3 unspecified atom stereocenters. The summed E-state index contributed by atoms with van der Waals surface area (Å²) < 4.78 is 29.8. The zero-order chi connectivity index (χ0) is 64.7. The molecule has 2 heterocycles. The van der Waals surface area contributed by atoms with Gasteiger partial charge in [-0.25, -0.2) is 19.9 Å².